The van der Waals surface area contributed by atoms with Crippen LogP contribution < -0.4 is 0 Å². The standard InChI is InChI=1S/C9H19NO2/c1-5-10(6-2)8(4)7(3)9(11)12/h7-8H,5-6H2,1-4H3,(H,11,12). The highest BCUT2D eigenvalue weighted by Crippen LogP contribution is 2.10. The van der Waals surface area contributed by atoms with E-state index in [9.17, 15) is 4.79 Å². The summed E-state index contributed by atoms with van der Waals surface area (Å²) in [6, 6.07) is 0.123. The molecule has 0 saturated carbocycles. The molecular weight excluding hydrogens is 154 g/mol. The normalized spacial score (nSPS) is 16.1. The topological polar surface area (TPSA) is 40.5 Å². The third-order valence-electron chi connectivity index (χ3n) is 2.50. The molecule has 0 rings (SSSR count). The van der Waals surface area contributed by atoms with Crippen molar-refractivity contribution in [1.29, 1.82) is 0 Å². The molecule has 0 fully saturated rings. The Balaban J connectivity index is 4.14. The van der Waals surface area contributed by atoms with Gasteiger partial charge < -0.3 is 10.0 Å². The molecule has 0 aliphatic heterocycles. The average Bonchev–Trinajstić information content (AvgIpc) is 2.05. The molecule has 0 aliphatic rings. The molecule has 0 saturated heterocycles. The van der Waals surface area contributed by atoms with Crippen molar-refractivity contribution in [1.82, 2.24) is 4.90 Å². The van der Waals surface area contributed by atoms with Gasteiger partial charge in [0.15, 0.2) is 0 Å². The molecule has 0 aromatic rings. The monoisotopic (exact) mass is 173 g/mol. The number of carboxylic acids is 1. The van der Waals surface area contributed by atoms with Crippen molar-refractivity contribution in [3.05, 3.63) is 0 Å². The molecule has 0 spiro atoms. The van der Waals surface area contributed by atoms with Gasteiger partial charge >= 0.3 is 5.97 Å². The maximum atomic E-state index is 10.7. The third-order valence-corrected chi connectivity index (χ3v) is 2.50. The van der Waals surface area contributed by atoms with Gasteiger partial charge in [-0.3, -0.25) is 4.79 Å². The first kappa shape index (κ1) is 11.4. The lowest BCUT2D eigenvalue weighted by Gasteiger charge is -2.28. The zero-order valence-corrected chi connectivity index (χ0v) is 8.37. The van der Waals surface area contributed by atoms with E-state index in [1.54, 1.807) is 6.92 Å². The molecule has 3 heteroatoms. The van der Waals surface area contributed by atoms with Crippen molar-refractivity contribution in [3.8, 4) is 0 Å². The summed E-state index contributed by atoms with van der Waals surface area (Å²) in [4.78, 5) is 12.8. The first-order valence-electron chi connectivity index (χ1n) is 4.51. The van der Waals surface area contributed by atoms with Gasteiger partial charge in [0.05, 0.1) is 5.92 Å². The molecule has 12 heavy (non-hydrogen) atoms. The van der Waals surface area contributed by atoms with E-state index in [-0.39, 0.29) is 12.0 Å². The van der Waals surface area contributed by atoms with Crippen molar-refractivity contribution in [2.45, 2.75) is 33.7 Å². The zero-order chi connectivity index (χ0) is 9.72. The lowest BCUT2D eigenvalue weighted by atomic mass is 10.0. The van der Waals surface area contributed by atoms with Gasteiger partial charge in [0.2, 0.25) is 0 Å². The van der Waals surface area contributed by atoms with Crippen LogP contribution in [0.2, 0.25) is 0 Å². The molecule has 2 atom stereocenters. The summed E-state index contributed by atoms with van der Waals surface area (Å²) in [6.45, 7) is 9.64. The Kier molecular flexibility index (Phi) is 4.90. The molecular formula is C9H19NO2. The summed E-state index contributed by atoms with van der Waals surface area (Å²) < 4.78 is 0. The smallest absolute Gasteiger partial charge is 0.307 e. The summed E-state index contributed by atoms with van der Waals surface area (Å²) in [6.07, 6.45) is 0. The summed E-state index contributed by atoms with van der Waals surface area (Å²) in [5, 5.41) is 8.77. The Morgan fingerprint density at radius 2 is 1.75 bits per heavy atom. The third kappa shape index (κ3) is 2.81. The number of nitrogens with zero attached hydrogens (tertiary/aromatic N) is 1. The Morgan fingerprint density at radius 3 is 2.00 bits per heavy atom. The maximum absolute atomic E-state index is 10.7. The number of carbonyl (C=O) groups is 1. The van der Waals surface area contributed by atoms with Crippen molar-refractivity contribution in [2.24, 2.45) is 5.92 Å². The van der Waals surface area contributed by atoms with E-state index in [2.05, 4.69) is 18.7 Å². The van der Waals surface area contributed by atoms with Crippen LogP contribution in [0, 0.1) is 5.92 Å². The number of rotatable bonds is 5. The molecule has 1 N–H and O–H groups in total. The van der Waals surface area contributed by atoms with Gasteiger partial charge in [0, 0.05) is 6.04 Å². The molecule has 3 nitrogen and oxygen atoms in total. The number of hydrogen-bond acceptors (Lipinski definition) is 2. The van der Waals surface area contributed by atoms with Crippen LogP contribution in [0.25, 0.3) is 0 Å². The zero-order valence-electron chi connectivity index (χ0n) is 8.37. The van der Waals surface area contributed by atoms with Crippen molar-refractivity contribution in [2.75, 3.05) is 13.1 Å². The average molecular weight is 173 g/mol. The summed E-state index contributed by atoms with van der Waals surface area (Å²) in [7, 11) is 0. The minimum Gasteiger partial charge on any atom is -0.481 e. The van der Waals surface area contributed by atoms with Gasteiger partial charge in [-0.05, 0) is 20.0 Å². The Morgan fingerprint density at radius 1 is 1.33 bits per heavy atom. The minimum absolute atomic E-state index is 0.123. The molecule has 0 bridgehead atoms. The van der Waals surface area contributed by atoms with E-state index >= 15 is 0 Å². The Bertz CT molecular complexity index is 143. The Hall–Kier alpha value is -0.570. The fraction of sp³-hybridized carbons (Fsp3) is 0.889. The van der Waals surface area contributed by atoms with E-state index in [1.807, 2.05) is 6.92 Å². The van der Waals surface area contributed by atoms with Crippen LogP contribution >= 0.6 is 0 Å². The van der Waals surface area contributed by atoms with Gasteiger partial charge in [-0.25, -0.2) is 0 Å². The second kappa shape index (κ2) is 5.14. The van der Waals surface area contributed by atoms with Crippen LogP contribution in [0.15, 0.2) is 0 Å². The van der Waals surface area contributed by atoms with Crippen LogP contribution in [-0.2, 0) is 4.79 Å². The lowest BCUT2D eigenvalue weighted by molar-refractivity contribution is -0.143. The molecule has 0 aromatic carbocycles. The van der Waals surface area contributed by atoms with Gasteiger partial charge in [-0.15, -0.1) is 0 Å². The maximum Gasteiger partial charge on any atom is 0.307 e. The largest absolute Gasteiger partial charge is 0.481 e. The molecule has 0 aliphatic carbocycles. The highest BCUT2D eigenvalue weighted by atomic mass is 16.4. The Labute approximate surface area is 74.4 Å². The van der Waals surface area contributed by atoms with E-state index in [4.69, 9.17) is 5.11 Å². The first-order valence-corrected chi connectivity index (χ1v) is 4.51. The predicted octanol–water partition coefficient (Wildman–Crippen LogP) is 1.44. The van der Waals surface area contributed by atoms with Crippen LogP contribution in [0.1, 0.15) is 27.7 Å². The van der Waals surface area contributed by atoms with Crippen LogP contribution in [0.4, 0.5) is 0 Å². The molecule has 0 heterocycles. The van der Waals surface area contributed by atoms with E-state index in [0.717, 1.165) is 13.1 Å². The SMILES string of the molecule is CCN(CC)C(C)C(C)C(=O)O. The fourth-order valence-corrected chi connectivity index (χ4v) is 1.32. The highest BCUT2D eigenvalue weighted by molar-refractivity contribution is 5.70. The van der Waals surface area contributed by atoms with E-state index in [1.165, 1.54) is 0 Å². The minimum atomic E-state index is -0.714. The van der Waals surface area contributed by atoms with E-state index < -0.39 is 5.97 Å². The summed E-state index contributed by atoms with van der Waals surface area (Å²) in [5.74, 6) is -1.00. The number of aliphatic carboxylic acids is 1. The number of carboxylic acid groups (broad SMARTS) is 1. The molecule has 0 amide bonds. The lowest BCUT2D eigenvalue weighted by Crippen LogP contribution is -2.40. The van der Waals surface area contributed by atoms with E-state index in [0.29, 0.717) is 0 Å². The predicted molar refractivity (Wildman–Crippen MR) is 49.2 cm³/mol. The highest BCUT2D eigenvalue weighted by Gasteiger charge is 2.22. The molecule has 72 valence electrons. The molecule has 2 unspecified atom stereocenters. The van der Waals surface area contributed by atoms with Gasteiger partial charge in [-0.2, -0.15) is 0 Å². The fourth-order valence-electron chi connectivity index (χ4n) is 1.32. The van der Waals surface area contributed by atoms with Crippen molar-refractivity contribution < 1.29 is 9.90 Å². The van der Waals surface area contributed by atoms with Crippen molar-refractivity contribution in [3.63, 3.8) is 0 Å². The second-order valence-electron chi connectivity index (χ2n) is 3.09. The van der Waals surface area contributed by atoms with Gasteiger partial charge in [0.1, 0.15) is 0 Å². The second-order valence-corrected chi connectivity index (χ2v) is 3.09. The van der Waals surface area contributed by atoms with Gasteiger partial charge in [0.25, 0.3) is 0 Å². The first-order chi connectivity index (χ1) is 5.54. The molecule has 0 radical (unpaired) electrons. The van der Waals surface area contributed by atoms with Crippen LogP contribution in [0.3, 0.4) is 0 Å². The summed E-state index contributed by atoms with van der Waals surface area (Å²) in [5.41, 5.74) is 0. The van der Waals surface area contributed by atoms with Crippen molar-refractivity contribution >= 4 is 5.97 Å². The van der Waals surface area contributed by atoms with Gasteiger partial charge in [-0.1, -0.05) is 20.8 Å². The number of hydrogen-bond donors (Lipinski definition) is 1. The molecule has 0 aromatic heterocycles. The van der Waals surface area contributed by atoms with Crippen LogP contribution in [-0.4, -0.2) is 35.1 Å². The summed E-state index contributed by atoms with van der Waals surface area (Å²) >= 11 is 0. The quantitative estimate of drug-likeness (QED) is 0.684. The van der Waals surface area contributed by atoms with Crippen LogP contribution in [0.5, 0.6) is 0 Å².